The van der Waals surface area contributed by atoms with Crippen molar-refractivity contribution in [3.63, 3.8) is 0 Å². The third-order valence-corrected chi connectivity index (χ3v) is 2.90. The van der Waals surface area contributed by atoms with E-state index in [0.717, 1.165) is 6.29 Å². The van der Waals surface area contributed by atoms with Crippen LogP contribution in [0.3, 0.4) is 0 Å². The number of ether oxygens (including phenoxy) is 3. The van der Waals surface area contributed by atoms with Crippen LogP contribution in [0.15, 0.2) is 42.5 Å². The van der Waals surface area contributed by atoms with E-state index in [1.54, 1.807) is 49.4 Å². The first-order chi connectivity index (χ1) is 10.7. The molecule has 114 valence electrons. The Kier molecular flexibility index (Phi) is 5.14. The summed E-state index contributed by atoms with van der Waals surface area (Å²) in [6.07, 6.45) is 0.735. The lowest BCUT2D eigenvalue weighted by Crippen LogP contribution is -2.05. The maximum Gasteiger partial charge on any atom is 0.338 e. The van der Waals surface area contributed by atoms with E-state index in [4.69, 9.17) is 14.2 Å². The quantitative estimate of drug-likeness (QED) is 0.604. The van der Waals surface area contributed by atoms with Gasteiger partial charge >= 0.3 is 5.97 Å². The molecule has 0 spiro atoms. The van der Waals surface area contributed by atoms with Crippen molar-refractivity contribution in [1.82, 2.24) is 0 Å². The van der Waals surface area contributed by atoms with Crippen LogP contribution in [0, 0.1) is 0 Å². The molecule has 0 atom stereocenters. The minimum atomic E-state index is -0.434. The number of aldehydes is 1. The van der Waals surface area contributed by atoms with Gasteiger partial charge in [-0.15, -0.1) is 0 Å². The molecule has 0 aliphatic rings. The molecule has 0 fully saturated rings. The molecule has 5 nitrogen and oxygen atoms in total. The molecule has 0 radical (unpaired) electrons. The highest BCUT2D eigenvalue weighted by molar-refractivity contribution is 5.90. The van der Waals surface area contributed by atoms with Crippen LogP contribution in [0.25, 0.3) is 0 Å². The normalized spacial score (nSPS) is 9.91. The molecule has 0 unspecified atom stereocenters. The van der Waals surface area contributed by atoms with Crippen molar-refractivity contribution in [3.8, 4) is 17.2 Å². The number of hydrogen-bond donors (Lipinski definition) is 0. The highest BCUT2D eigenvalue weighted by Crippen LogP contribution is 2.32. The third kappa shape index (κ3) is 3.63. The molecule has 2 aromatic rings. The zero-order chi connectivity index (χ0) is 15.9. The number of esters is 1. The van der Waals surface area contributed by atoms with Gasteiger partial charge in [0.25, 0.3) is 0 Å². The van der Waals surface area contributed by atoms with Gasteiger partial charge in [-0.05, 0) is 37.3 Å². The zero-order valence-electron chi connectivity index (χ0n) is 12.4. The molecule has 0 N–H and O–H groups in total. The van der Waals surface area contributed by atoms with Crippen LogP contribution >= 0.6 is 0 Å². The topological polar surface area (TPSA) is 61.8 Å². The minimum absolute atomic E-state index is 0.294. The van der Waals surface area contributed by atoms with Crippen molar-refractivity contribution >= 4 is 12.3 Å². The Bertz CT molecular complexity index is 678. The van der Waals surface area contributed by atoms with Crippen molar-refractivity contribution in [2.45, 2.75) is 6.92 Å². The second-order valence-corrected chi connectivity index (χ2v) is 4.38. The summed E-state index contributed by atoms with van der Waals surface area (Å²) in [7, 11) is 1.51. The number of carbonyl (C=O) groups is 2. The molecule has 2 rings (SSSR count). The fraction of sp³-hybridized carbons (Fsp3) is 0.176. The number of carbonyl (C=O) groups excluding carboxylic acids is 2. The molecule has 0 saturated heterocycles. The van der Waals surface area contributed by atoms with Gasteiger partial charge in [0.1, 0.15) is 12.0 Å². The highest BCUT2D eigenvalue weighted by atomic mass is 16.5. The van der Waals surface area contributed by atoms with Crippen LogP contribution in [0.2, 0.25) is 0 Å². The molecule has 0 aliphatic carbocycles. The van der Waals surface area contributed by atoms with Gasteiger partial charge in [-0.1, -0.05) is 12.1 Å². The van der Waals surface area contributed by atoms with Crippen molar-refractivity contribution in [3.05, 3.63) is 53.6 Å². The minimum Gasteiger partial charge on any atom is -0.493 e. The Labute approximate surface area is 128 Å². The van der Waals surface area contributed by atoms with E-state index in [1.807, 2.05) is 0 Å². The molecular weight excluding hydrogens is 284 g/mol. The van der Waals surface area contributed by atoms with E-state index < -0.39 is 5.97 Å². The van der Waals surface area contributed by atoms with Gasteiger partial charge in [0.15, 0.2) is 11.5 Å². The molecule has 22 heavy (non-hydrogen) atoms. The summed E-state index contributed by atoms with van der Waals surface area (Å²) >= 11 is 0. The lowest BCUT2D eigenvalue weighted by atomic mass is 10.2. The van der Waals surface area contributed by atoms with E-state index in [2.05, 4.69) is 0 Å². The van der Waals surface area contributed by atoms with Gasteiger partial charge < -0.3 is 14.2 Å². The van der Waals surface area contributed by atoms with Gasteiger partial charge in [0, 0.05) is 5.56 Å². The summed E-state index contributed by atoms with van der Waals surface area (Å²) in [4.78, 5) is 22.6. The Morgan fingerprint density at radius 1 is 1.14 bits per heavy atom. The van der Waals surface area contributed by atoms with Gasteiger partial charge in [-0.3, -0.25) is 4.79 Å². The van der Waals surface area contributed by atoms with E-state index in [1.165, 1.54) is 7.11 Å². The van der Waals surface area contributed by atoms with Crippen molar-refractivity contribution in [2.75, 3.05) is 13.7 Å². The molecule has 2 aromatic carbocycles. The molecule has 0 heterocycles. The second kappa shape index (κ2) is 7.26. The molecule has 5 heteroatoms. The molecule has 0 aliphatic heterocycles. The van der Waals surface area contributed by atoms with Crippen LogP contribution in [0.1, 0.15) is 27.6 Å². The van der Waals surface area contributed by atoms with E-state index >= 15 is 0 Å². The molecule has 0 saturated carbocycles. The van der Waals surface area contributed by atoms with Gasteiger partial charge in [-0.25, -0.2) is 4.79 Å². The van der Waals surface area contributed by atoms with Gasteiger partial charge in [-0.2, -0.15) is 0 Å². The summed E-state index contributed by atoms with van der Waals surface area (Å²) in [5.74, 6) is 0.890. The van der Waals surface area contributed by atoms with Crippen LogP contribution in [-0.4, -0.2) is 26.0 Å². The first-order valence-electron chi connectivity index (χ1n) is 6.76. The van der Waals surface area contributed by atoms with Crippen LogP contribution in [0.5, 0.6) is 17.2 Å². The number of hydrogen-bond acceptors (Lipinski definition) is 5. The Morgan fingerprint density at radius 3 is 2.64 bits per heavy atom. The van der Waals surface area contributed by atoms with Crippen molar-refractivity contribution < 1.29 is 23.8 Å². The maximum absolute atomic E-state index is 11.8. The standard InChI is InChI=1S/C17H16O5/c1-3-21-17(19)13-7-8-15(20-2)16(10-13)22-14-6-4-5-12(9-14)11-18/h4-11H,3H2,1-2H3. The average molecular weight is 300 g/mol. The lowest BCUT2D eigenvalue weighted by molar-refractivity contribution is 0.0526. The zero-order valence-corrected chi connectivity index (χ0v) is 12.4. The monoisotopic (exact) mass is 300 g/mol. The Balaban J connectivity index is 2.33. The number of rotatable bonds is 6. The Hall–Kier alpha value is -2.82. The maximum atomic E-state index is 11.8. The number of benzene rings is 2. The molecule has 0 aromatic heterocycles. The largest absolute Gasteiger partial charge is 0.493 e. The first kappa shape index (κ1) is 15.6. The SMILES string of the molecule is CCOC(=O)c1ccc(OC)c(Oc2cccc(C=O)c2)c1. The molecule has 0 amide bonds. The van der Waals surface area contributed by atoms with Crippen molar-refractivity contribution in [1.29, 1.82) is 0 Å². The fourth-order valence-electron chi connectivity index (χ4n) is 1.88. The van der Waals surface area contributed by atoms with E-state index in [9.17, 15) is 9.59 Å². The number of methoxy groups -OCH3 is 1. The molecular formula is C17H16O5. The average Bonchev–Trinajstić information content (AvgIpc) is 2.55. The summed E-state index contributed by atoms with van der Waals surface area (Å²) in [6, 6.07) is 11.5. The highest BCUT2D eigenvalue weighted by Gasteiger charge is 2.13. The second-order valence-electron chi connectivity index (χ2n) is 4.38. The van der Waals surface area contributed by atoms with E-state index in [-0.39, 0.29) is 0 Å². The van der Waals surface area contributed by atoms with Crippen LogP contribution in [-0.2, 0) is 4.74 Å². The first-order valence-corrected chi connectivity index (χ1v) is 6.76. The predicted molar refractivity (Wildman–Crippen MR) is 80.9 cm³/mol. The smallest absolute Gasteiger partial charge is 0.338 e. The van der Waals surface area contributed by atoms with E-state index in [0.29, 0.717) is 35.0 Å². The van der Waals surface area contributed by atoms with Gasteiger partial charge in [0.2, 0.25) is 0 Å². The fourth-order valence-corrected chi connectivity index (χ4v) is 1.88. The Morgan fingerprint density at radius 2 is 1.95 bits per heavy atom. The van der Waals surface area contributed by atoms with Crippen LogP contribution in [0.4, 0.5) is 0 Å². The summed E-state index contributed by atoms with van der Waals surface area (Å²) in [5.41, 5.74) is 0.863. The summed E-state index contributed by atoms with van der Waals surface area (Å²) in [6.45, 7) is 2.03. The predicted octanol–water partition coefficient (Wildman–Crippen LogP) is 3.48. The summed E-state index contributed by atoms with van der Waals surface area (Å²) < 4.78 is 15.9. The third-order valence-electron chi connectivity index (χ3n) is 2.90. The molecule has 0 bridgehead atoms. The summed E-state index contributed by atoms with van der Waals surface area (Å²) in [5, 5.41) is 0. The van der Waals surface area contributed by atoms with Gasteiger partial charge in [0.05, 0.1) is 19.3 Å². The van der Waals surface area contributed by atoms with Crippen LogP contribution < -0.4 is 9.47 Å². The van der Waals surface area contributed by atoms with Crippen molar-refractivity contribution in [2.24, 2.45) is 0 Å². The lowest BCUT2D eigenvalue weighted by Gasteiger charge is -2.12.